The smallest absolute Gasteiger partial charge is 0.00127 e. The first-order valence-corrected chi connectivity index (χ1v) is 15.6. The quantitative estimate of drug-likeness (QED) is 0.330. The van der Waals surface area contributed by atoms with Crippen molar-refractivity contribution in [1.82, 2.24) is 9.80 Å². The summed E-state index contributed by atoms with van der Waals surface area (Å²) < 4.78 is 0. The van der Waals surface area contributed by atoms with E-state index in [2.05, 4.69) is 34.1 Å². The Morgan fingerprint density at radius 2 is 1.03 bits per heavy atom. The van der Waals surface area contributed by atoms with Crippen molar-refractivity contribution in [1.29, 1.82) is 0 Å². The van der Waals surface area contributed by atoms with Gasteiger partial charge in [-0.15, -0.1) is 0 Å². The molecule has 0 aromatic rings. The Labute approximate surface area is 212 Å². The van der Waals surface area contributed by atoms with Crippen LogP contribution in [0, 0.1) is 23.7 Å². The molecular formula is C32H56N2. The Hall–Kier alpha value is -0.600. The van der Waals surface area contributed by atoms with E-state index in [1.54, 1.807) is 0 Å². The Bertz CT molecular complexity index is 582. The Morgan fingerprint density at radius 1 is 0.441 bits per heavy atom. The number of nitrogens with zero attached hydrogens (tertiary/aromatic N) is 2. The third-order valence-corrected chi connectivity index (χ3v) is 9.58. The molecule has 2 fully saturated rings. The molecule has 0 aromatic heterocycles. The van der Waals surface area contributed by atoms with E-state index in [1.807, 2.05) is 0 Å². The molecule has 2 heteroatoms. The molecule has 194 valence electrons. The number of hydrogen-bond acceptors (Lipinski definition) is 2. The van der Waals surface area contributed by atoms with Gasteiger partial charge in [0.1, 0.15) is 0 Å². The van der Waals surface area contributed by atoms with Gasteiger partial charge in [-0.25, -0.2) is 0 Å². The summed E-state index contributed by atoms with van der Waals surface area (Å²) in [4.78, 5) is 5.80. The molecule has 6 bridgehead atoms. The van der Waals surface area contributed by atoms with Gasteiger partial charge in [0.15, 0.2) is 0 Å². The fourth-order valence-electron chi connectivity index (χ4n) is 7.69. The summed E-state index contributed by atoms with van der Waals surface area (Å²) in [5.74, 6) is 3.89. The zero-order valence-electron chi connectivity index (χ0n) is 22.5. The van der Waals surface area contributed by atoms with Crippen molar-refractivity contribution in [3.05, 3.63) is 24.3 Å². The first-order valence-electron chi connectivity index (χ1n) is 15.6. The molecule has 6 atom stereocenters. The zero-order chi connectivity index (χ0) is 23.3. The number of fused-ring (bicyclic) bond motifs is 10. The van der Waals surface area contributed by atoms with Crippen LogP contribution < -0.4 is 0 Å². The van der Waals surface area contributed by atoms with Gasteiger partial charge in [-0.1, -0.05) is 50.0 Å². The van der Waals surface area contributed by atoms with E-state index in [-0.39, 0.29) is 0 Å². The van der Waals surface area contributed by atoms with Gasteiger partial charge in [-0.3, -0.25) is 0 Å². The van der Waals surface area contributed by atoms with Crippen molar-refractivity contribution in [3.63, 3.8) is 0 Å². The average molecular weight is 469 g/mol. The lowest BCUT2D eigenvalue weighted by atomic mass is 9.69. The molecule has 2 unspecified atom stereocenters. The van der Waals surface area contributed by atoms with Crippen LogP contribution in [0.2, 0.25) is 0 Å². The van der Waals surface area contributed by atoms with E-state index < -0.39 is 0 Å². The molecule has 0 saturated carbocycles. The number of allylic oxidation sites excluding steroid dienone is 4. The van der Waals surface area contributed by atoms with Gasteiger partial charge >= 0.3 is 0 Å². The Kier molecular flexibility index (Phi) is 12.1. The minimum absolute atomic E-state index is 0.957. The molecule has 0 spiro atoms. The Balaban J connectivity index is 1.47. The maximum atomic E-state index is 2.93. The van der Waals surface area contributed by atoms with Crippen molar-refractivity contribution in [2.75, 3.05) is 39.3 Å². The Morgan fingerprint density at radius 3 is 1.79 bits per heavy atom. The molecule has 0 aliphatic carbocycles. The van der Waals surface area contributed by atoms with Crippen LogP contribution in [0.4, 0.5) is 0 Å². The minimum Gasteiger partial charge on any atom is -0.303 e. The zero-order valence-corrected chi connectivity index (χ0v) is 22.5. The van der Waals surface area contributed by atoms with Crippen molar-refractivity contribution < 1.29 is 0 Å². The molecule has 2 saturated heterocycles. The van der Waals surface area contributed by atoms with E-state index in [0.29, 0.717) is 0 Å². The standard InChI is InChI=1S/C32H56N2/c1-2-5-10-14-18-23-34-26-29-19-15-11-7-4-6-9-13-17-22-33-24-21-32(31(25-29)28-34)30(27-33)20-16-12-8-3-1/h2,4-6,29-32H,1,3,7-28H2/b5-2-,6-4-/t29-,30-,31-,32-/m1/s1. The van der Waals surface area contributed by atoms with Gasteiger partial charge in [0.25, 0.3) is 0 Å². The first-order chi connectivity index (χ1) is 16.9. The van der Waals surface area contributed by atoms with Gasteiger partial charge in [0.05, 0.1) is 0 Å². The van der Waals surface area contributed by atoms with Gasteiger partial charge in [0, 0.05) is 19.6 Å². The molecular weight excluding hydrogens is 412 g/mol. The van der Waals surface area contributed by atoms with E-state index in [4.69, 9.17) is 0 Å². The minimum atomic E-state index is 0.957. The van der Waals surface area contributed by atoms with Crippen molar-refractivity contribution in [2.24, 2.45) is 23.7 Å². The van der Waals surface area contributed by atoms with Crippen LogP contribution in [0.15, 0.2) is 24.3 Å². The van der Waals surface area contributed by atoms with Crippen LogP contribution in [-0.2, 0) is 0 Å². The fraction of sp³-hybridized carbons (Fsp3) is 0.875. The second kappa shape index (κ2) is 15.5. The summed E-state index contributed by atoms with van der Waals surface area (Å²) in [6.07, 6.45) is 35.4. The summed E-state index contributed by atoms with van der Waals surface area (Å²) in [6, 6.07) is 0. The maximum Gasteiger partial charge on any atom is 0.00127 e. The normalized spacial score (nSPS) is 39.8. The molecule has 2 nitrogen and oxygen atoms in total. The molecule has 0 amide bonds. The lowest BCUT2D eigenvalue weighted by Gasteiger charge is -2.47. The summed E-state index contributed by atoms with van der Waals surface area (Å²) in [6.45, 7) is 8.30. The van der Waals surface area contributed by atoms with E-state index in [9.17, 15) is 0 Å². The second-order valence-electron chi connectivity index (χ2n) is 12.3. The fourth-order valence-corrected chi connectivity index (χ4v) is 7.69. The highest BCUT2D eigenvalue weighted by Gasteiger charge is 2.38. The lowest BCUT2D eigenvalue weighted by molar-refractivity contribution is 0.0185. The number of rotatable bonds is 0. The molecule has 34 heavy (non-hydrogen) atoms. The molecule has 5 aliphatic rings. The van der Waals surface area contributed by atoms with Crippen molar-refractivity contribution in [3.8, 4) is 0 Å². The summed E-state index contributed by atoms with van der Waals surface area (Å²) in [7, 11) is 0. The maximum absolute atomic E-state index is 2.93. The van der Waals surface area contributed by atoms with Crippen molar-refractivity contribution in [2.45, 2.75) is 116 Å². The molecule has 0 aromatic carbocycles. The van der Waals surface area contributed by atoms with E-state index in [0.717, 1.165) is 23.7 Å². The number of hydrogen-bond donors (Lipinski definition) is 0. The SMILES string of the molecule is C1=C\CCCCN2C[C@@H]3CCCC/C=C\CCCCN4CC[C@H]([C@H](CCCCCC/1)C4)[C@H](C3)C2. The van der Waals surface area contributed by atoms with Crippen LogP contribution in [0.5, 0.6) is 0 Å². The van der Waals surface area contributed by atoms with Gasteiger partial charge < -0.3 is 9.80 Å². The second-order valence-corrected chi connectivity index (χ2v) is 12.3. The summed E-state index contributed by atoms with van der Waals surface area (Å²) in [5, 5.41) is 0. The monoisotopic (exact) mass is 468 g/mol. The predicted molar refractivity (Wildman–Crippen MR) is 148 cm³/mol. The van der Waals surface area contributed by atoms with Crippen LogP contribution in [0.25, 0.3) is 0 Å². The number of piperidine rings is 2. The highest BCUT2D eigenvalue weighted by atomic mass is 15.1. The summed E-state index contributed by atoms with van der Waals surface area (Å²) >= 11 is 0. The van der Waals surface area contributed by atoms with E-state index >= 15 is 0 Å². The molecule has 5 aliphatic heterocycles. The third kappa shape index (κ3) is 9.12. The van der Waals surface area contributed by atoms with Gasteiger partial charge in [0.2, 0.25) is 0 Å². The largest absolute Gasteiger partial charge is 0.303 e. The molecule has 0 radical (unpaired) electrons. The van der Waals surface area contributed by atoms with Gasteiger partial charge in [-0.2, -0.15) is 0 Å². The van der Waals surface area contributed by atoms with Gasteiger partial charge in [-0.05, 0) is 133 Å². The predicted octanol–water partition coefficient (Wildman–Crippen LogP) is 8.24. The van der Waals surface area contributed by atoms with Crippen LogP contribution >= 0.6 is 0 Å². The summed E-state index contributed by atoms with van der Waals surface area (Å²) in [5.41, 5.74) is 0. The molecule has 5 heterocycles. The molecule has 0 N–H and O–H groups in total. The average Bonchev–Trinajstić information content (AvgIpc) is 2.85. The van der Waals surface area contributed by atoms with E-state index in [1.165, 1.54) is 155 Å². The first kappa shape index (κ1) is 26.5. The third-order valence-electron chi connectivity index (χ3n) is 9.58. The lowest BCUT2D eigenvalue weighted by Crippen LogP contribution is -2.49. The van der Waals surface area contributed by atoms with Crippen LogP contribution in [0.3, 0.4) is 0 Å². The highest BCUT2D eigenvalue weighted by Crippen LogP contribution is 2.40. The van der Waals surface area contributed by atoms with Crippen LogP contribution in [0.1, 0.15) is 116 Å². The highest BCUT2D eigenvalue weighted by molar-refractivity contribution is 4.91. The topological polar surface area (TPSA) is 6.48 Å². The molecule has 5 rings (SSSR count). The van der Waals surface area contributed by atoms with Crippen LogP contribution in [-0.4, -0.2) is 49.1 Å². The van der Waals surface area contributed by atoms with Crippen molar-refractivity contribution >= 4 is 0 Å².